The van der Waals surface area contributed by atoms with Crippen molar-refractivity contribution in [2.45, 2.75) is 39.7 Å². The number of carbonyl (C=O) groups is 3. The molecule has 120 valence electrons. The van der Waals surface area contributed by atoms with Crippen LogP contribution in [0.15, 0.2) is 0 Å². The SMILES string of the molecule is CCOC(=O)C1CCN(CC(=O)NC(=O)NC(C)C)CC1. The molecule has 1 saturated heterocycles. The van der Waals surface area contributed by atoms with Crippen LogP contribution in [0.1, 0.15) is 33.6 Å². The molecule has 21 heavy (non-hydrogen) atoms. The zero-order valence-corrected chi connectivity index (χ0v) is 13.0. The van der Waals surface area contributed by atoms with Crippen LogP contribution in [0.3, 0.4) is 0 Å². The smallest absolute Gasteiger partial charge is 0.321 e. The van der Waals surface area contributed by atoms with Gasteiger partial charge in [-0.1, -0.05) is 0 Å². The molecular weight excluding hydrogens is 274 g/mol. The second kappa shape index (κ2) is 8.61. The lowest BCUT2D eigenvalue weighted by molar-refractivity contribution is -0.149. The highest BCUT2D eigenvalue weighted by molar-refractivity contribution is 5.95. The minimum atomic E-state index is -0.476. The van der Waals surface area contributed by atoms with E-state index in [0.29, 0.717) is 32.5 Å². The highest BCUT2D eigenvalue weighted by Gasteiger charge is 2.26. The number of ether oxygens (including phenoxy) is 1. The van der Waals surface area contributed by atoms with Crippen molar-refractivity contribution in [3.63, 3.8) is 0 Å². The van der Waals surface area contributed by atoms with E-state index in [0.717, 1.165) is 0 Å². The highest BCUT2D eigenvalue weighted by Crippen LogP contribution is 2.18. The molecule has 0 bridgehead atoms. The summed E-state index contributed by atoms with van der Waals surface area (Å²) in [5, 5.41) is 4.89. The Morgan fingerprint density at radius 2 is 1.86 bits per heavy atom. The zero-order valence-electron chi connectivity index (χ0n) is 13.0. The van der Waals surface area contributed by atoms with Crippen molar-refractivity contribution in [2.75, 3.05) is 26.2 Å². The van der Waals surface area contributed by atoms with Crippen LogP contribution in [0.4, 0.5) is 4.79 Å². The molecule has 1 rings (SSSR count). The Bertz CT molecular complexity index is 376. The molecule has 0 aromatic heterocycles. The van der Waals surface area contributed by atoms with E-state index in [1.807, 2.05) is 18.7 Å². The predicted molar refractivity (Wildman–Crippen MR) is 77.6 cm³/mol. The number of esters is 1. The van der Waals surface area contributed by atoms with E-state index in [1.165, 1.54) is 0 Å². The molecule has 1 fully saturated rings. The van der Waals surface area contributed by atoms with Gasteiger partial charge in [0.2, 0.25) is 5.91 Å². The summed E-state index contributed by atoms with van der Waals surface area (Å²) in [5.41, 5.74) is 0. The molecular formula is C14H25N3O4. The van der Waals surface area contributed by atoms with Crippen molar-refractivity contribution in [1.29, 1.82) is 0 Å². The van der Waals surface area contributed by atoms with Gasteiger partial charge < -0.3 is 10.1 Å². The van der Waals surface area contributed by atoms with Gasteiger partial charge in [0.15, 0.2) is 0 Å². The Labute approximate surface area is 125 Å². The van der Waals surface area contributed by atoms with Crippen LogP contribution in [-0.4, -0.2) is 55.1 Å². The summed E-state index contributed by atoms with van der Waals surface area (Å²) < 4.78 is 5.00. The molecule has 0 radical (unpaired) electrons. The average Bonchev–Trinajstić information content (AvgIpc) is 2.38. The van der Waals surface area contributed by atoms with Crippen molar-refractivity contribution in [2.24, 2.45) is 5.92 Å². The maximum Gasteiger partial charge on any atom is 0.321 e. The van der Waals surface area contributed by atoms with Crippen LogP contribution in [0.2, 0.25) is 0 Å². The van der Waals surface area contributed by atoms with Gasteiger partial charge in [-0.15, -0.1) is 0 Å². The Morgan fingerprint density at radius 3 is 2.38 bits per heavy atom. The molecule has 3 amide bonds. The summed E-state index contributed by atoms with van der Waals surface area (Å²) in [6.45, 7) is 7.31. The van der Waals surface area contributed by atoms with Crippen LogP contribution in [0.5, 0.6) is 0 Å². The van der Waals surface area contributed by atoms with Crippen LogP contribution < -0.4 is 10.6 Å². The number of imide groups is 1. The molecule has 0 saturated carbocycles. The second-order valence-electron chi connectivity index (χ2n) is 5.48. The molecule has 1 heterocycles. The molecule has 0 atom stereocenters. The fraction of sp³-hybridized carbons (Fsp3) is 0.786. The third-order valence-corrected chi connectivity index (χ3v) is 3.25. The zero-order chi connectivity index (χ0) is 15.8. The lowest BCUT2D eigenvalue weighted by atomic mass is 9.97. The number of piperidine rings is 1. The van der Waals surface area contributed by atoms with E-state index in [-0.39, 0.29) is 30.4 Å². The van der Waals surface area contributed by atoms with Crippen molar-refractivity contribution >= 4 is 17.9 Å². The first-order valence-electron chi connectivity index (χ1n) is 7.41. The normalized spacial score (nSPS) is 16.6. The first-order valence-corrected chi connectivity index (χ1v) is 7.41. The average molecular weight is 299 g/mol. The first-order chi connectivity index (χ1) is 9.92. The molecule has 7 nitrogen and oxygen atoms in total. The summed E-state index contributed by atoms with van der Waals surface area (Å²) in [5.74, 6) is -0.561. The number of likely N-dealkylation sites (tertiary alicyclic amines) is 1. The van der Waals surface area contributed by atoms with Crippen LogP contribution in [-0.2, 0) is 14.3 Å². The summed E-state index contributed by atoms with van der Waals surface area (Å²) in [6, 6.07) is -0.491. The van der Waals surface area contributed by atoms with E-state index < -0.39 is 6.03 Å². The molecule has 0 aromatic rings. The molecule has 1 aliphatic rings. The van der Waals surface area contributed by atoms with Crippen LogP contribution >= 0.6 is 0 Å². The number of rotatable bonds is 5. The maximum absolute atomic E-state index is 11.7. The topological polar surface area (TPSA) is 87.7 Å². The van der Waals surface area contributed by atoms with Gasteiger partial charge in [-0.25, -0.2) is 4.79 Å². The fourth-order valence-corrected chi connectivity index (χ4v) is 2.25. The Balaban J connectivity index is 2.27. The molecule has 0 unspecified atom stereocenters. The Hall–Kier alpha value is -1.63. The third kappa shape index (κ3) is 6.57. The summed E-state index contributed by atoms with van der Waals surface area (Å²) >= 11 is 0. The molecule has 0 aliphatic carbocycles. The number of hydrogen-bond donors (Lipinski definition) is 2. The second-order valence-corrected chi connectivity index (χ2v) is 5.48. The monoisotopic (exact) mass is 299 g/mol. The van der Waals surface area contributed by atoms with Crippen molar-refractivity contribution in [3.8, 4) is 0 Å². The first kappa shape index (κ1) is 17.4. The van der Waals surface area contributed by atoms with Gasteiger partial charge in [0.1, 0.15) is 0 Å². The molecule has 0 aromatic carbocycles. The van der Waals surface area contributed by atoms with Crippen LogP contribution in [0.25, 0.3) is 0 Å². The third-order valence-electron chi connectivity index (χ3n) is 3.25. The molecule has 2 N–H and O–H groups in total. The Kier molecular flexibility index (Phi) is 7.14. The van der Waals surface area contributed by atoms with Gasteiger partial charge in [0.25, 0.3) is 0 Å². The van der Waals surface area contributed by atoms with E-state index in [1.54, 1.807) is 6.92 Å². The number of nitrogens with zero attached hydrogens (tertiary/aromatic N) is 1. The number of nitrogens with one attached hydrogen (secondary N) is 2. The van der Waals surface area contributed by atoms with Crippen molar-refractivity contribution < 1.29 is 19.1 Å². The lowest BCUT2D eigenvalue weighted by Gasteiger charge is -2.30. The predicted octanol–water partition coefficient (Wildman–Crippen LogP) is 0.496. The summed E-state index contributed by atoms with van der Waals surface area (Å²) in [6.07, 6.45) is 1.37. The van der Waals surface area contributed by atoms with Gasteiger partial charge >= 0.3 is 12.0 Å². The standard InChI is InChI=1S/C14H25N3O4/c1-4-21-13(19)11-5-7-17(8-6-11)9-12(18)16-14(20)15-10(2)3/h10-11H,4-9H2,1-3H3,(H2,15,16,18,20). The number of urea groups is 1. The minimum absolute atomic E-state index is 0.0156. The van der Waals surface area contributed by atoms with Gasteiger partial charge in [0, 0.05) is 6.04 Å². The van der Waals surface area contributed by atoms with Crippen molar-refractivity contribution in [3.05, 3.63) is 0 Å². The summed E-state index contributed by atoms with van der Waals surface area (Å²) in [4.78, 5) is 36.7. The number of carbonyl (C=O) groups excluding carboxylic acids is 3. The van der Waals surface area contributed by atoms with Gasteiger partial charge in [-0.2, -0.15) is 0 Å². The van der Waals surface area contributed by atoms with Gasteiger partial charge in [0.05, 0.1) is 19.1 Å². The van der Waals surface area contributed by atoms with E-state index in [9.17, 15) is 14.4 Å². The molecule has 0 spiro atoms. The fourth-order valence-electron chi connectivity index (χ4n) is 2.25. The molecule has 7 heteroatoms. The minimum Gasteiger partial charge on any atom is -0.466 e. The van der Waals surface area contributed by atoms with E-state index >= 15 is 0 Å². The van der Waals surface area contributed by atoms with Gasteiger partial charge in [-0.3, -0.25) is 19.8 Å². The van der Waals surface area contributed by atoms with E-state index in [4.69, 9.17) is 4.74 Å². The van der Waals surface area contributed by atoms with Crippen LogP contribution in [0, 0.1) is 5.92 Å². The Morgan fingerprint density at radius 1 is 1.24 bits per heavy atom. The van der Waals surface area contributed by atoms with E-state index in [2.05, 4.69) is 10.6 Å². The lowest BCUT2D eigenvalue weighted by Crippen LogP contribution is -2.48. The highest BCUT2D eigenvalue weighted by atomic mass is 16.5. The number of hydrogen-bond acceptors (Lipinski definition) is 5. The quantitative estimate of drug-likeness (QED) is 0.722. The number of amides is 3. The largest absolute Gasteiger partial charge is 0.466 e. The van der Waals surface area contributed by atoms with Gasteiger partial charge in [-0.05, 0) is 46.7 Å². The maximum atomic E-state index is 11.7. The summed E-state index contributed by atoms with van der Waals surface area (Å²) in [7, 11) is 0. The molecule has 1 aliphatic heterocycles. The van der Waals surface area contributed by atoms with Crippen molar-refractivity contribution in [1.82, 2.24) is 15.5 Å².